The van der Waals surface area contributed by atoms with Gasteiger partial charge < -0.3 is 14.6 Å². The third kappa shape index (κ3) is 5.26. The summed E-state index contributed by atoms with van der Waals surface area (Å²) in [5.74, 6) is 0.415. The van der Waals surface area contributed by atoms with Crippen LogP contribution in [0.2, 0.25) is 0 Å². The number of thioether (sulfide) groups is 1. The van der Waals surface area contributed by atoms with Gasteiger partial charge in [0.15, 0.2) is 0 Å². The minimum Gasteiger partial charge on any atom is -0.379 e. The fourth-order valence-corrected chi connectivity index (χ4v) is 5.64. The number of hydrogen-bond acceptors (Lipinski definition) is 4. The van der Waals surface area contributed by atoms with E-state index in [1.807, 2.05) is 63.4 Å². The van der Waals surface area contributed by atoms with E-state index in [1.165, 1.54) is 17.3 Å². The lowest BCUT2D eigenvalue weighted by atomic mass is 10.00. The SMILES string of the molecule is CC(C)OCCCNC(=O)C1c2c(n(C)c3ccccc23)SCC(=O)N1c1ccc(C(C)C)cc1. The van der Waals surface area contributed by atoms with E-state index in [-0.39, 0.29) is 23.7 Å². The number of ether oxygens (including phenoxy) is 1. The first-order valence-electron chi connectivity index (χ1n) is 12.3. The number of para-hydroxylation sites is 1. The van der Waals surface area contributed by atoms with Crippen molar-refractivity contribution in [2.24, 2.45) is 7.05 Å². The van der Waals surface area contributed by atoms with Gasteiger partial charge in [0.1, 0.15) is 6.04 Å². The monoisotopic (exact) mass is 493 g/mol. The summed E-state index contributed by atoms with van der Waals surface area (Å²) in [4.78, 5) is 29.0. The van der Waals surface area contributed by atoms with Gasteiger partial charge in [-0.2, -0.15) is 0 Å². The summed E-state index contributed by atoms with van der Waals surface area (Å²) >= 11 is 1.50. The van der Waals surface area contributed by atoms with Gasteiger partial charge in [0.2, 0.25) is 11.8 Å². The maximum absolute atomic E-state index is 13.8. The number of benzene rings is 2. The van der Waals surface area contributed by atoms with Crippen molar-refractivity contribution in [2.75, 3.05) is 23.8 Å². The molecule has 1 aliphatic rings. The van der Waals surface area contributed by atoms with Crippen LogP contribution in [-0.4, -0.2) is 41.4 Å². The van der Waals surface area contributed by atoms with Crippen LogP contribution in [0, 0.1) is 0 Å². The Hall–Kier alpha value is -2.77. The molecule has 186 valence electrons. The molecule has 0 saturated heterocycles. The molecule has 1 atom stereocenters. The predicted octanol–water partition coefficient (Wildman–Crippen LogP) is 5.41. The van der Waals surface area contributed by atoms with E-state index in [1.54, 1.807) is 4.90 Å². The van der Waals surface area contributed by atoms with Crippen LogP contribution in [0.5, 0.6) is 0 Å². The molecule has 1 aromatic heterocycles. The summed E-state index contributed by atoms with van der Waals surface area (Å²) in [6.07, 6.45) is 0.870. The number of carbonyl (C=O) groups is 2. The van der Waals surface area contributed by atoms with Crippen molar-refractivity contribution >= 4 is 40.2 Å². The third-order valence-electron chi connectivity index (χ3n) is 6.38. The second kappa shape index (κ2) is 10.9. The van der Waals surface area contributed by atoms with E-state index >= 15 is 0 Å². The Morgan fingerprint density at radius 3 is 2.51 bits per heavy atom. The van der Waals surface area contributed by atoms with Crippen LogP contribution in [0.25, 0.3) is 10.9 Å². The standard InChI is InChI=1S/C28H35N3O3S/c1-18(2)20-11-13-21(14-12-20)31-24(32)17-35-28-25(22-9-6-7-10-23(22)30(28)5)26(31)27(33)29-15-8-16-34-19(3)4/h6-7,9-14,18-19,26H,8,15-17H2,1-5H3,(H,29,33). The van der Waals surface area contributed by atoms with E-state index in [0.717, 1.165) is 27.2 Å². The van der Waals surface area contributed by atoms with Crippen LogP contribution in [0.4, 0.5) is 5.69 Å². The number of amides is 2. The molecule has 3 aromatic rings. The molecule has 0 radical (unpaired) electrons. The number of hydrogen-bond donors (Lipinski definition) is 1. The van der Waals surface area contributed by atoms with Crippen molar-refractivity contribution in [2.45, 2.75) is 57.2 Å². The molecule has 0 bridgehead atoms. The van der Waals surface area contributed by atoms with E-state index < -0.39 is 6.04 Å². The minimum absolute atomic E-state index is 0.0733. The fraction of sp³-hybridized carbons (Fsp3) is 0.429. The smallest absolute Gasteiger partial charge is 0.247 e. The van der Waals surface area contributed by atoms with E-state index in [0.29, 0.717) is 25.5 Å². The molecule has 1 aliphatic heterocycles. The van der Waals surface area contributed by atoms with Crippen LogP contribution in [-0.2, 0) is 21.4 Å². The highest BCUT2D eigenvalue weighted by molar-refractivity contribution is 8.00. The Morgan fingerprint density at radius 2 is 1.83 bits per heavy atom. The average Bonchev–Trinajstić information content (AvgIpc) is 3.01. The molecule has 0 aliphatic carbocycles. The zero-order chi connectivity index (χ0) is 25.1. The molecule has 7 heteroatoms. The largest absolute Gasteiger partial charge is 0.379 e. The Bertz CT molecular complexity index is 1200. The van der Waals surface area contributed by atoms with E-state index in [9.17, 15) is 9.59 Å². The Balaban J connectivity index is 1.76. The van der Waals surface area contributed by atoms with Crippen molar-refractivity contribution in [1.82, 2.24) is 9.88 Å². The van der Waals surface area contributed by atoms with Crippen LogP contribution in [0.3, 0.4) is 0 Å². The van der Waals surface area contributed by atoms with Gasteiger partial charge in [-0.1, -0.05) is 55.9 Å². The first-order valence-corrected chi connectivity index (χ1v) is 13.3. The zero-order valence-corrected chi connectivity index (χ0v) is 22.0. The summed E-state index contributed by atoms with van der Waals surface area (Å²) in [6.45, 7) is 9.35. The minimum atomic E-state index is -0.755. The van der Waals surface area contributed by atoms with Crippen molar-refractivity contribution in [1.29, 1.82) is 0 Å². The molecule has 4 rings (SSSR count). The van der Waals surface area contributed by atoms with Crippen LogP contribution in [0.15, 0.2) is 53.6 Å². The number of fused-ring (bicyclic) bond motifs is 3. The topological polar surface area (TPSA) is 63.6 Å². The zero-order valence-electron chi connectivity index (χ0n) is 21.2. The van der Waals surface area contributed by atoms with Crippen molar-refractivity contribution < 1.29 is 14.3 Å². The second-order valence-electron chi connectivity index (χ2n) is 9.56. The van der Waals surface area contributed by atoms with Crippen molar-refractivity contribution in [3.63, 3.8) is 0 Å². The number of nitrogens with one attached hydrogen (secondary N) is 1. The highest BCUT2D eigenvalue weighted by Crippen LogP contribution is 2.43. The van der Waals surface area contributed by atoms with E-state index in [2.05, 4.69) is 29.8 Å². The second-order valence-corrected chi connectivity index (χ2v) is 10.5. The molecule has 2 heterocycles. The summed E-state index contributed by atoms with van der Waals surface area (Å²) in [6, 6.07) is 15.4. The normalized spacial score (nSPS) is 16.1. The van der Waals surface area contributed by atoms with Gasteiger partial charge in [0.25, 0.3) is 0 Å². The summed E-state index contributed by atoms with van der Waals surface area (Å²) in [7, 11) is 2.00. The summed E-state index contributed by atoms with van der Waals surface area (Å²) in [5.41, 5.74) is 3.88. The van der Waals surface area contributed by atoms with Gasteiger partial charge >= 0.3 is 0 Å². The summed E-state index contributed by atoms with van der Waals surface area (Å²) in [5, 5.41) is 5.05. The van der Waals surface area contributed by atoms with Crippen LogP contribution < -0.4 is 10.2 Å². The number of carbonyl (C=O) groups excluding carboxylic acids is 2. The molecule has 6 nitrogen and oxygen atoms in total. The Labute approximate surface area is 212 Å². The Morgan fingerprint density at radius 1 is 1.11 bits per heavy atom. The highest BCUT2D eigenvalue weighted by atomic mass is 32.2. The number of rotatable bonds is 8. The molecule has 1 N–H and O–H groups in total. The van der Waals surface area contributed by atoms with Gasteiger partial charge in [-0.3, -0.25) is 14.5 Å². The predicted molar refractivity (Wildman–Crippen MR) is 143 cm³/mol. The van der Waals surface area contributed by atoms with Gasteiger partial charge in [-0.05, 0) is 49.9 Å². The molecule has 2 amide bonds. The number of nitrogens with zero attached hydrogens (tertiary/aromatic N) is 2. The Kier molecular flexibility index (Phi) is 7.87. The van der Waals surface area contributed by atoms with Crippen molar-refractivity contribution in [3.05, 3.63) is 59.7 Å². The third-order valence-corrected chi connectivity index (χ3v) is 7.54. The molecule has 2 aromatic carbocycles. The lowest BCUT2D eigenvalue weighted by Gasteiger charge is -2.30. The molecule has 1 unspecified atom stereocenters. The van der Waals surface area contributed by atoms with Gasteiger partial charge in [-0.15, -0.1) is 0 Å². The van der Waals surface area contributed by atoms with Crippen LogP contribution >= 0.6 is 11.8 Å². The molecule has 0 fully saturated rings. The maximum atomic E-state index is 13.8. The molecule has 0 spiro atoms. The summed E-state index contributed by atoms with van der Waals surface area (Å²) < 4.78 is 7.72. The number of aryl methyl sites for hydroxylation is 1. The molecular formula is C28H35N3O3S. The average molecular weight is 494 g/mol. The van der Waals surface area contributed by atoms with Gasteiger partial charge in [-0.25, -0.2) is 0 Å². The van der Waals surface area contributed by atoms with Crippen LogP contribution in [0.1, 0.15) is 57.2 Å². The van der Waals surface area contributed by atoms with Gasteiger partial charge in [0.05, 0.1) is 16.9 Å². The lowest BCUT2D eigenvalue weighted by Crippen LogP contribution is -2.44. The molecule has 35 heavy (non-hydrogen) atoms. The lowest BCUT2D eigenvalue weighted by molar-refractivity contribution is -0.125. The van der Waals surface area contributed by atoms with Gasteiger partial charge in [0, 0.05) is 42.4 Å². The number of anilines is 1. The molecular weight excluding hydrogens is 458 g/mol. The maximum Gasteiger partial charge on any atom is 0.247 e. The quantitative estimate of drug-likeness (QED) is 0.426. The molecule has 0 saturated carbocycles. The first-order chi connectivity index (χ1) is 16.8. The fourth-order valence-electron chi connectivity index (χ4n) is 4.57. The number of aromatic nitrogens is 1. The highest BCUT2D eigenvalue weighted by Gasteiger charge is 2.39. The van der Waals surface area contributed by atoms with Crippen molar-refractivity contribution in [3.8, 4) is 0 Å². The van der Waals surface area contributed by atoms with E-state index in [4.69, 9.17) is 4.74 Å². The first kappa shape index (κ1) is 25.3.